The van der Waals surface area contributed by atoms with Crippen LogP contribution in [0.1, 0.15) is 43.4 Å². The van der Waals surface area contributed by atoms with E-state index in [1.165, 1.54) is 19.1 Å². The first-order valence-electron chi connectivity index (χ1n) is 8.83. The number of carbonyl (C=O) groups is 2. The van der Waals surface area contributed by atoms with Crippen molar-refractivity contribution in [1.29, 1.82) is 0 Å². The summed E-state index contributed by atoms with van der Waals surface area (Å²) in [6.07, 6.45) is 1.44. The zero-order valence-electron chi connectivity index (χ0n) is 16.0. The van der Waals surface area contributed by atoms with Gasteiger partial charge in [0.15, 0.2) is 6.10 Å². The van der Waals surface area contributed by atoms with E-state index in [1.807, 2.05) is 39.0 Å². The fourth-order valence-electron chi connectivity index (χ4n) is 2.60. The molecule has 5 heteroatoms. The van der Waals surface area contributed by atoms with Crippen molar-refractivity contribution >= 4 is 23.6 Å². The predicted octanol–water partition coefficient (Wildman–Crippen LogP) is 4.84. The fraction of sp³-hybridized carbons (Fsp3) is 0.273. The van der Waals surface area contributed by atoms with Gasteiger partial charge in [-0.05, 0) is 43.0 Å². The second-order valence-corrected chi connectivity index (χ2v) is 6.62. The average molecular weight is 369 g/mol. The van der Waals surface area contributed by atoms with Crippen molar-refractivity contribution in [2.75, 3.05) is 5.32 Å². The summed E-state index contributed by atoms with van der Waals surface area (Å²) < 4.78 is 18.7. The van der Waals surface area contributed by atoms with Crippen LogP contribution in [0.25, 0.3) is 6.08 Å². The molecule has 0 aliphatic rings. The van der Waals surface area contributed by atoms with Crippen molar-refractivity contribution in [2.24, 2.45) is 0 Å². The molecular formula is C22H24FNO3. The number of aryl methyl sites for hydroxylation is 1. The summed E-state index contributed by atoms with van der Waals surface area (Å²) in [4.78, 5) is 24.4. The highest BCUT2D eigenvalue weighted by Crippen LogP contribution is 2.27. The topological polar surface area (TPSA) is 55.4 Å². The summed E-state index contributed by atoms with van der Waals surface area (Å²) in [7, 11) is 0. The largest absolute Gasteiger partial charge is 0.449 e. The van der Waals surface area contributed by atoms with Crippen LogP contribution in [0, 0.1) is 12.7 Å². The van der Waals surface area contributed by atoms with Gasteiger partial charge in [0.25, 0.3) is 5.91 Å². The van der Waals surface area contributed by atoms with Crippen molar-refractivity contribution in [2.45, 2.75) is 39.7 Å². The minimum atomic E-state index is -0.984. The average Bonchev–Trinajstić information content (AvgIpc) is 2.62. The van der Waals surface area contributed by atoms with Gasteiger partial charge < -0.3 is 10.1 Å². The third-order valence-electron chi connectivity index (χ3n) is 4.14. The predicted molar refractivity (Wildman–Crippen MR) is 105 cm³/mol. The quantitative estimate of drug-likeness (QED) is 0.585. The maximum Gasteiger partial charge on any atom is 0.331 e. The lowest BCUT2D eigenvalue weighted by molar-refractivity contribution is -0.148. The summed E-state index contributed by atoms with van der Waals surface area (Å²) in [5.74, 6) is -1.33. The summed E-state index contributed by atoms with van der Waals surface area (Å²) in [5, 5.41) is 2.85. The Labute approximate surface area is 159 Å². The van der Waals surface area contributed by atoms with E-state index >= 15 is 0 Å². The Hall–Kier alpha value is -2.95. The van der Waals surface area contributed by atoms with Gasteiger partial charge >= 0.3 is 5.97 Å². The Balaban J connectivity index is 2.02. The van der Waals surface area contributed by atoms with Crippen molar-refractivity contribution in [1.82, 2.24) is 0 Å². The molecule has 0 fully saturated rings. The van der Waals surface area contributed by atoms with Gasteiger partial charge in [-0.3, -0.25) is 4.79 Å². The maximum absolute atomic E-state index is 13.5. The van der Waals surface area contributed by atoms with Gasteiger partial charge in [0.1, 0.15) is 5.82 Å². The number of rotatable bonds is 6. The van der Waals surface area contributed by atoms with Crippen LogP contribution >= 0.6 is 0 Å². The maximum atomic E-state index is 13.5. The van der Waals surface area contributed by atoms with E-state index in [2.05, 4.69) is 5.32 Å². The number of benzene rings is 2. The number of hydrogen-bond acceptors (Lipinski definition) is 3. The Morgan fingerprint density at radius 3 is 2.44 bits per heavy atom. The molecule has 0 aliphatic heterocycles. The molecule has 2 rings (SSSR count). The molecule has 27 heavy (non-hydrogen) atoms. The van der Waals surface area contributed by atoms with Gasteiger partial charge in [0.2, 0.25) is 0 Å². The monoisotopic (exact) mass is 369 g/mol. The molecule has 0 aliphatic carbocycles. The molecule has 1 N–H and O–H groups in total. The van der Waals surface area contributed by atoms with Crippen molar-refractivity contribution in [3.8, 4) is 0 Å². The highest BCUT2D eigenvalue weighted by Gasteiger charge is 2.19. The molecule has 0 bridgehead atoms. The van der Waals surface area contributed by atoms with Gasteiger partial charge in [-0.1, -0.05) is 50.2 Å². The smallest absolute Gasteiger partial charge is 0.331 e. The Kier molecular flexibility index (Phi) is 6.88. The zero-order chi connectivity index (χ0) is 20.0. The van der Waals surface area contributed by atoms with Crippen LogP contribution in [0.3, 0.4) is 0 Å². The number of hydrogen-bond donors (Lipinski definition) is 1. The molecule has 2 aromatic carbocycles. The molecule has 0 radical (unpaired) electrons. The van der Waals surface area contributed by atoms with E-state index < -0.39 is 23.8 Å². The molecule has 0 aromatic heterocycles. The number of nitrogens with one attached hydrogen (secondary N) is 1. The van der Waals surface area contributed by atoms with Gasteiger partial charge in [-0.25, -0.2) is 9.18 Å². The SMILES string of the molecule is Cc1cccc(C(C)C)c1NC(=O)[C@@H](C)OC(=O)/C=C/c1ccccc1F. The van der Waals surface area contributed by atoms with Gasteiger partial charge in [-0.2, -0.15) is 0 Å². The van der Waals surface area contributed by atoms with Crippen LogP contribution in [0.4, 0.5) is 10.1 Å². The van der Waals surface area contributed by atoms with Crippen LogP contribution in [0.15, 0.2) is 48.5 Å². The minimum Gasteiger partial charge on any atom is -0.449 e. The standard InChI is InChI=1S/C22H24FNO3/c1-14(2)18-10-7-8-15(3)21(18)24-22(26)16(4)27-20(25)13-12-17-9-5-6-11-19(17)23/h5-14,16H,1-4H3,(H,24,26)/b13-12+/t16-/m1/s1. The highest BCUT2D eigenvalue weighted by atomic mass is 19.1. The number of esters is 1. The van der Waals surface area contributed by atoms with Crippen LogP contribution in [0.2, 0.25) is 0 Å². The third kappa shape index (κ3) is 5.51. The van der Waals surface area contributed by atoms with Gasteiger partial charge in [0, 0.05) is 17.3 Å². The van der Waals surface area contributed by atoms with Gasteiger partial charge in [0.05, 0.1) is 0 Å². The molecule has 142 valence electrons. The summed E-state index contributed by atoms with van der Waals surface area (Å²) in [5.41, 5.74) is 2.96. The van der Waals surface area contributed by atoms with E-state index in [-0.39, 0.29) is 11.5 Å². The van der Waals surface area contributed by atoms with Crippen molar-refractivity contribution in [3.63, 3.8) is 0 Å². The summed E-state index contributed by atoms with van der Waals surface area (Å²) >= 11 is 0. The number of carbonyl (C=O) groups excluding carboxylic acids is 2. The van der Waals surface area contributed by atoms with E-state index in [0.29, 0.717) is 0 Å². The number of amides is 1. The molecule has 1 atom stereocenters. The molecule has 0 unspecified atom stereocenters. The van der Waals surface area contributed by atoms with Crippen LogP contribution in [-0.2, 0) is 14.3 Å². The van der Waals surface area contributed by atoms with Crippen LogP contribution in [-0.4, -0.2) is 18.0 Å². The van der Waals surface area contributed by atoms with Gasteiger partial charge in [-0.15, -0.1) is 0 Å². The fourth-order valence-corrected chi connectivity index (χ4v) is 2.60. The molecule has 4 nitrogen and oxygen atoms in total. The molecule has 2 aromatic rings. The molecule has 0 heterocycles. The Morgan fingerprint density at radius 2 is 1.78 bits per heavy atom. The highest BCUT2D eigenvalue weighted by molar-refractivity contribution is 5.97. The molecular weight excluding hydrogens is 345 g/mol. The summed E-state index contributed by atoms with van der Waals surface area (Å²) in [6.45, 7) is 7.50. The number of ether oxygens (including phenoxy) is 1. The molecule has 1 amide bonds. The lowest BCUT2D eigenvalue weighted by atomic mass is 9.98. The first-order chi connectivity index (χ1) is 12.8. The molecule has 0 saturated heterocycles. The van der Waals surface area contributed by atoms with Crippen molar-refractivity contribution in [3.05, 3.63) is 71.0 Å². The second kappa shape index (κ2) is 9.12. The lowest BCUT2D eigenvalue weighted by Crippen LogP contribution is -2.30. The Morgan fingerprint density at radius 1 is 1.07 bits per heavy atom. The van der Waals surface area contributed by atoms with E-state index in [1.54, 1.807) is 18.2 Å². The lowest BCUT2D eigenvalue weighted by Gasteiger charge is -2.18. The van der Waals surface area contributed by atoms with Crippen LogP contribution < -0.4 is 5.32 Å². The van der Waals surface area contributed by atoms with E-state index in [0.717, 1.165) is 22.9 Å². The zero-order valence-corrected chi connectivity index (χ0v) is 16.0. The van der Waals surface area contributed by atoms with Crippen LogP contribution in [0.5, 0.6) is 0 Å². The van der Waals surface area contributed by atoms with E-state index in [4.69, 9.17) is 4.74 Å². The normalized spacial score (nSPS) is 12.2. The molecule has 0 saturated carbocycles. The Bertz CT molecular complexity index is 858. The second-order valence-electron chi connectivity index (χ2n) is 6.62. The molecule has 0 spiro atoms. The van der Waals surface area contributed by atoms with Crippen molar-refractivity contribution < 1.29 is 18.7 Å². The first-order valence-corrected chi connectivity index (χ1v) is 8.83. The third-order valence-corrected chi connectivity index (χ3v) is 4.14. The first kappa shape index (κ1) is 20.4. The minimum absolute atomic E-state index is 0.238. The number of anilines is 1. The van der Waals surface area contributed by atoms with E-state index in [9.17, 15) is 14.0 Å². The summed E-state index contributed by atoms with van der Waals surface area (Å²) in [6, 6.07) is 11.9. The number of halogens is 1. The number of para-hydroxylation sites is 1.